The van der Waals surface area contributed by atoms with Crippen molar-refractivity contribution in [3.8, 4) is 6.07 Å². The third-order valence-electron chi connectivity index (χ3n) is 8.05. The van der Waals surface area contributed by atoms with Crippen LogP contribution in [0.3, 0.4) is 0 Å². The number of nitrogens with zero attached hydrogens (tertiary/aromatic N) is 3. The van der Waals surface area contributed by atoms with Crippen LogP contribution in [-0.2, 0) is 0 Å². The molecule has 216 valence electrons. The maximum atomic E-state index is 14.6. The van der Waals surface area contributed by atoms with E-state index in [1.54, 1.807) is 6.20 Å². The summed E-state index contributed by atoms with van der Waals surface area (Å²) in [6.07, 6.45) is -2.14. The van der Waals surface area contributed by atoms with Crippen LogP contribution in [0.2, 0.25) is 0 Å². The smallest absolute Gasteiger partial charge is 0.370 e. The largest absolute Gasteiger partial charge is 0.396 e. The fourth-order valence-electron chi connectivity index (χ4n) is 5.82. The molecular weight excluding hydrogens is 537 g/mol. The van der Waals surface area contributed by atoms with Crippen molar-refractivity contribution >= 4 is 11.4 Å². The quantitative estimate of drug-likeness (QED) is 0.273. The number of hydrogen-bond acceptors (Lipinski definition) is 6. The Kier molecular flexibility index (Phi) is 8.34. The summed E-state index contributed by atoms with van der Waals surface area (Å²) in [5, 5.41) is 24.8. The van der Waals surface area contributed by atoms with Crippen molar-refractivity contribution in [2.45, 2.75) is 38.4 Å². The maximum absolute atomic E-state index is 14.6. The molecule has 1 saturated heterocycles. The molecule has 0 aliphatic carbocycles. The molecule has 5 rings (SSSR count). The predicted octanol–water partition coefficient (Wildman–Crippen LogP) is 6.77. The lowest BCUT2D eigenvalue weighted by Gasteiger charge is -2.39. The van der Waals surface area contributed by atoms with Gasteiger partial charge in [-0.1, -0.05) is 67.2 Å². The van der Waals surface area contributed by atoms with Gasteiger partial charge in [-0.15, -0.1) is 0 Å². The first-order valence-electron chi connectivity index (χ1n) is 14.0. The van der Waals surface area contributed by atoms with Crippen LogP contribution in [0.25, 0.3) is 0 Å². The Morgan fingerprint density at radius 2 is 1.69 bits per heavy atom. The van der Waals surface area contributed by atoms with E-state index in [2.05, 4.69) is 33.2 Å². The van der Waals surface area contributed by atoms with Crippen molar-refractivity contribution in [3.05, 3.63) is 119 Å². The van der Waals surface area contributed by atoms with Gasteiger partial charge in [-0.2, -0.15) is 18.4 Å². The van der Waals surface area contributed by atoms with Crippen LogP contribution >= 0.6 is 0 Å². The summed E-state index contributed by atoms with van der Waals surface area (Å²) < 4.78 is 43.7. The highest BCUT2D eigenvalue weighted by Crippen LogP contribution is 2.42. The third-order valence-corrected chi connectivity index (χ3v) is 8.05. The van der Waals surface area contributed by atoms with Crippen LogP contribution in [0.5, 0.6) is 0 Å². The molecule has 1 aromatic heterocycles. The summed E-state index contributed by atoms with van der Waals surface area (Å²) in [4.78, 5) is 6.34. The maximum Gasteiger partial charge on any atom is 0.396 e. The van der Waals surface area contributed by atoms with Crippen LogP contribution < -0.4 is 15.5 Å². The van der Waals surface area contributed by atoms with E-state index in [1.165, 1.54) is 0 Å². The molecule has 6 nitrogen and oxygen atoms in total. The van der Waals surface area contributed by atoms with Crippen molar-refractivity contribution < 1.29 is 13.2 Å². The second-order valence-corrected chi connectivity index (χ2v) is 10.9. The molecule has 9 heteroatoms. The van der Waals surface area contributed by atoms with Crippen LogP contribution in [0.1, 0.15) is 47.7 Å². The van der Waals surface area contributed by atoms with Crippen LogP contribution in [0, 0.1) is 35.5 Å². The Bertz CT molecular complexity index is 1480. The topological polar surface area (TPSA) is 87.8 Å². The number of aryl methyl sites for hydroxylation is 1. The molecule has 2 aliphatic heterocycles. The lowest BCUT2D eigenvalue weighted by atomic mass is 9.79. The minimum Gasteiger partial charge on any atom is -0.370 e. The molecule has 42 heavy (non-hydrogen) atoms. The predicted molar refractivity (Wildman–Crippen MR) is 158 cm³/mol. The fourth-order valence-corrected chi connectivity index (χ4v) is 5.82. The zero-order valence-electron chi connectivity index (χ0n) is 23.4. The van der Waals surface area contributed by atoms with Crippen molar-refractivity contribution in [2.75, 3.05) is 18.0 Å². The van der Waals surface area contributed by atoms with E-state index >= 15 is 0 Å². The zero-order valence-corrected chi connectivity index (χ0v) is 23.4. The first-order valence-corrected chi connectivity index (χ1v) is 14.0. The molecule has 0 spiro atoms. The second kappa shape index (κ2) is 12.1. The molecule has 1 unspecified atom stereocenters. The van der Waals surface area contributed by atoms with Gasteiger partial charge in [0.25, 0.3) is 0 Å². The number of nitrogens with one attached hydrogen (secondary N) is 3. The van der Waals surface area contributed by atoms with Crippen LogP contribution in [0.15, 0.2) is 96.6 Å². The van der Waals surface area contributed by atoms with Crippen molar-refractivity contribution in [1.82, 2.24) is 15.6 Å². The first kappa shape index (κ1) is 28.9. The van der Waals surface area contributed by atoms with Gasteiger partial charge in [0.05, 0.1) is 23.8 Å². The molecule has 2 aromatic carbocycles. The van der Waals surface area contributed by atoms with E-state index in [1.807, 2.05) is 73.7 Å². The normalized spacial score (nSPS) is 18.0. The minimum atomic E-state index is -4.54. The van der Waals surface area contributed by atoms with Crippen molar-refractivity contribution in [2.24, 2.45) is 11.8 Å². The Labute approximate surface area is 244 Å². The second-order valence-electron chi connectivity index (χ2n) is 10.9. The van der Waals surface area contributed by atoms with E-state index in [-0.39, 0.29) is 35.1 Å². The van der Waals surface area contributed by atoms with E-state index in [0.29, 0.717) is 31.6 Å². The van der Waals surface area contributed by atoms with E-state index < -0.39 is 18.1 Å². The number of hydrogen-bond donors (Lipinski definition) is 3. The highest BCUT2D eigenvalue weighted by Gasteiger charge is 2.48. The Morgan fingerprint density at radius 1 is 1.10 bits per heavy atom. The summed E-state index contributed by atoms with van der Waals surface area (Å²) in [7, 11) is 0. The average molecular weight is 571 g/mol. The number of benzene rings is 2. The van der Waals surface area contributed by atoms with Gasteiger partial charge >= 0.3 is 6.18 Å². The Hall–Kier alpha value is -4.58. The van der Waals surface area contributed by atoms with Gasteiger partial charge in [0.1, 0.15) is 17.6 Å². The Balaban J connectivity index is 1.47. The number of allylic oxidation sites excluding steroid dienone is 2. The molecule has 3 heterocycles. The number of piperidine rings is 1. The van der Waals surface area contributed by atoms with Crippen LogP contribution in [0.4, 0.5) is 18.9 Å². The summed E-state index contributed by atoms with van der Waals surface area (Å²) in [5.74, 6) is -1.99. The molecule has 2 aliphatic rings. The highest BCUT2D eigenvalue weighted by atomic mass is 19.4. The molecular formula is C33H33F3N6. The number of pyridine rings is 1. The highest BCUT2D eigenvalue weighted by molar-refractivity contribution is 6.01. The first-order chi connectivity index (χ1) is 20.2. The number of anilines is 1. The zero-order chi connectivity index (χ0) is 29.9. The molecule has 0 saturated carbocycles. The Morgan fingerprint density at radius 3 is 2.21 bits per heavy atom. The number of nitriles is 1. The van der Waals surface area contributed by atoms with Gasteiger partial charge in [0.2, 0.25) is 0 Å². The molecule has 1 atom stereocenters. The van der Waals surface area contributed by atoms with Gasteiger partial charge in [-0.3, -0.25) is 0 Å². The molecule has 0 bridgehead atoms. The van der Waals surface area contributed by atoms with Crippen molar-refractivity contribution in [3.63, 3.8) is 0 Å². The average Bonchev–Trinajstić information content (AvgIpc) is 2.99. The van der Waals surface area contributed by atoms with Gasteiger partial charge < -0.3 is 20.9 Å². The minimum absolute atomic E-state index is 0.00785. The van der Waals surface area contributed by atoms with Gasteiger partial charge in [0, 0.05) is 42.4 Å². The van der Waals surface area contributed by atoms with Gasteiger partial charge in [-0.25, -0.2) is 4.98 Å². The van der Waals surface area contributed by atoms with E-state index in [9.17, 15) is 18.4 Å². The van der Waals surface area contributed by atoms with Crippen molar-refractivity contribution in [1.29, 1.82) is 10.7 Å². The fraction of sp³-hybridized carbons (Fsp3) is 0.303. The summed E-state index contributed by atoms with van der Waals surface area (Å²) in [6, 6.07) is 22.7. The molecule has 1 fully saturated rings. The number of aromatic nitrogens is 1. The molecule has 0 radical (unpaired) electrons. The molecule has 0 amide bonds. The summed E-state index contributed by atoms with van der Waals surface area (Å²) >= 11 is 0. The standard InChI is InChI=1S/C33H33F3N6/c1-21-17-26(20-39-28(21)19-37)42-15-13-23(14-16-42)30(38)29-27(33(34,35)36)18-22(2)40-32(29)41-31(24-9-5-3-6-10-24)25-11-7-4-8-12-25/h3-12,17,20,23,27,31,38,40-41H,2,13-16,18H2,1H3. The SMILES string of the molecule is C=C1CC(C(F)(F)F)C(C(=N)C2CCN(c3cnc(C#N)c(C)c3)CC2)=C(NC(c2ccccc2)c2ccccc2)N1. The number of alkyl halides is 3. The van der Waals surface area contributed by atoms with Gasteiger partial charge in [0.15, 0.2) is 0 Å². The monoisotopic (exact) mass is 570 g/mol. The van der Waals surface area contributed by atoms with E-state index in [0.717, 1.165) is 22.4 Å². The molecule has 3 N–H and O–H groups in total. The van der Waals surface area contributed by atoms with Gasteiger partial charge in [-0.05, 0) is 42.5 Å². The lowest BCUT2D eigenvalue weighted by Crippen LogP contribution is -2.45. The number of rotatable bonds is 7. The van der Waals surface area contributed by atoms with E-state index in [4.69, 9.17) is 5.41 Å². The third kappa shape index (κ3) is 6.18. The number of halogens is 3. The summed E-state index contributed by atoms with van der Waals surface area (Å²) in [5.41, 5.74) is 4.03. The lowest BCUT2D eigenvalue weighted by molar-refractivity contribution is -0.163. The summed E-state index contributed by atoms with van der Waals surface area (Å²) in [6.45, 7) is 6.84. The van der Waals surface area contributed by atoms with Crippen LogP contribution in [-0.4, -0.2) is 30.0 Å². The molecule has 3 aromatic rings.